The van der Waals surface area contributed by atoms with Gasteiger partial charge in [-0.25, -0.2) is 18.7 Å². The van der Waals surface area contributed by atoms with E-state index in [1.54, 1.807) is 6.20 Å². The van der Waals surface area contributed by atoms with Gasteiger partial charge in [-0.15, -0.1) is 11.8 Å². The van der Waals surface area contributed by atoms with Gasteiger partial charge < -0.3 is 5.32 Å². The molecule has 1 heterocycles. The Balaban J connectivity index is 2.28. The summed E-state index contributed by atoms with van der Waals surface area (Å²) in [6.07, 6.45) is 3.45. The maximum atomic E-state index is 13.0. The van der Waals surface area contributed by atoms with Gasteiger partial charge >= 0.3 is 0 Å². The average Bonchev–Trinajstić information content (AvgIpc) is 2.30. The van der Waals surface area contributed by atoms with Crippen molar-refractivity contribution in [2.24, 2.45) is 0 Å². The van der Waals surface area contributed by atoms with Crippen molar-refractivity contribution in [1.82, 2.24) is 9.97 Å². The third-order valence-corrected chi connectivity index (χ3v) is 3.56. The first-order chi connectivity index (χ1) is 8.58. The fourth-order valence-electron chi connectivity index (χ4n) is 1.31. The zero-order chi connectivity index (χ0) is 13.1. The molecule has 0 fully saturated rings. The van der Waals surface area contributed by atoms with Gasteiger partial charge in [-0.05, 0) is 34.3 Å². The van der Waals surface area contributed by atoms with Crippen LogP contribution in [0.15, 0.2) is 33.9 Å². The largest absolute Gasteiger partial charge is 0.324 e. The maximum absolute atomic E-state index is 13.0. The van der Waals surface area contributed by atoms with Gasteiger partial charge in [-0.3, -0.25) is 0 Å². The molecule has 2 aromatic rings. The smallest absolute Gasteiger partial charge is 0.228 e. The highest BCUT2D eigenvalue weighted by Gasteiger charge is 2.06. The lowest BCUT2D eigenvalue weighted by atomic mass is 10.3. The van der Waals surface area contributed by atoms with Crippen molar-refractivity contribution >= 4 is 39.3 Å². The maximum Gasteiger partial charge on any atom is 0.228 e. The van der Waals surface area contributed by atoms with Gasteiger partial charge in [-0.1, -0.05) is 0 Å². The van der Waals surface area contributed by atoms with E-state index in [4.69, 9.17) is 0 Å². The van der Waals surface area contributed by atoms with Gasteiger partial charge in [0, 0.05) is 18.0 Å². The average molecular weight is 332 g/mol. The van der Waals surface area contributed by atoms with E-state index < -0.39 is 11.6 Å². The van der Waals surface area contributed by atoms with Crippen LogP contribution >= 0.6 is 27.7 Å². The van der Waals surface area contributed by atoms with E-state index in [0.29, 0.717) is 0 Å². The van der Waals surface area contributed by atoms with Gasteiger partial charge in [0.25, 0.3) is 0 Å². The summed E-state index contributed by atoms with van der Waals surface area (Å²) >= 11 is 4.75. The summed E-state index contributed by atoms with van der Waals surface area (Å²) in [4.78, 5) is 8.21. The lowest BCUT2D eigenvalue weighted by Crippen LogP contribution is -1.99. The second kappa shape index (κ2) is 5.62. The fourth-order valence-corrected chi connectivity index (χ4v) is 2.41. The zero-order valence-electron chi connectivity index (χ0n) is 9.25. The molecule has 0 bridgehead atoms. The van der Waals surface area contributed by atoms with Gasteiger partial charge in [0.15, 0.2) is 0 Å². The highest BCUT2D eigenvalue weighted by atomic mass is 79.9. The molecule has 7 heteroatoms. The summed E-state index contributed by atoms with van der Waals surface area (Å²) in [5.74, 6) is -1.02. The van der Waals surface area contributed by atoms with E-state index in [1.807, 2.05) is 6.26 Å². The lowest BCUT2D eigenvalue weighted by Gasteiger charge is -2.07. The Kier molecular flexibility index (Phi) is 4.13. The number of nitrogens with zero attached hydrogens (tertiary/aromatic N) is 2. The third-order valence-electron chi connectivity index (χ3n) is 2.02. The SMILES string of the molecule is CSc1nc(Nc2cc(F)cc(F)c2)ncc1Br. The molecule has 1 aromatic heterocycles. The predicted molar refractivity (Wildman–Crippen MR) is 71.2 cm³/mol. The summed E-state index contributed by atoms with van der Waals surface area (Å²) < 4.78 is 26.8. The van der Waals surface area contributed by atoms with Crippen molar-refractivity contribution in [3.63, 3.8) is 0 Å². The van der Waals surface area contributed by atoms with E-state index in [9.17, 15) is 8.78 Å². The number of rotatable bonds is 3. The topological polar surface area (TPSA) is 37.8 Å². The Morgan fingerprint density at radius 3 is 2.50 bits per heavy atom. The van der Waals surface area contributed by atoms with Crippen LogP contribution in [0, 0.1) is 11.6 Å². The summed E-state index contributed by atoms with van der Waals surface area (Å²) in [6.45, 7) is 0. The Morgan fingerprint density at radius 1 is 1.22 bits per heavy atom. The first-order valence-electron chi connectivity index (χ1n) is 4.88. The van der Waals surface area contributed by atoms with Crippen molar-refractivity contribution in [1.29, 1.82) is 0 Å². The van der Waals surface area contributed by atoms with Crippen molar-refractivity contribution in [2.75, 3.05) is 11.6 Å². The van der Waals surface area contributed by atoms with E-state index in [-0.39, 0.29) is 11.6 Å². The number of hydrogen-bond acceptors (Lipinski definition) is 4. The lowest BCUT2D eigenvalue weighted by molar-refractivity contribution is 0.584. The van der Waals surface area contributed by atoms with E-state index >= 15 is 0 Å². The number of hydrogen-bond donors (Lipinski definition) is 1. The van der Waals surface area contributed by atoms with Crippen LogP contribution in [-0.4, -0.2) is 16.2 Å². The molecule has 0 spiro atoms. The molecule has 0 radical (unpaired) electrons. The molecule has 0 saturated heterocycles. The molecule has 1 N–H and O–H groups in total. The highest BCUT2D eigenvalue weighted by Crippen LogP contribution is 2.24. The van der Waals surface area contributed by atoms with Crippen LogP contribution in [0.1, 0.15) is 0 Å². The fraction of sp³-hybridized carbons (Fsp3) is 0.0909. The molecule has 18 heavy (non-hydrogen) atoms. The number of anilines is 2. The van der Waals surface area contributed by atoms with Crippen LogP contribution in [0.3, 0.4) is 0 Å². The summed E-state index contributed by atoms with van der Waals surface area (Å²) in [5, 5.41) is 3.49. The van der Waals surface area contributed by atoms with E-state index in [2.05, 4.69) is 31.2 Å². The van der Waals surface area contributed by atoms with Crippen LogP contribution in [0.4, 0.5) is 20.4 Å². The Labute approximate surface area is 115 Å². The molecule has 0 amide bonds. The van der Waals surface area contributed by atoms with Crippen molar-refractivity contribution in [3.8, 4) is 0 Å². The number of halogens is 3. The van der Waals surface area contributed by atoms with Crippen molar-refractivity contribution < 1.29 is 8.78 Å². The molecule has 1 aromatic carbocycles. The summed E-state index contributed by atoms with van der Waals surface area (Å²) in [6, 6.07) is 3.15. The van der Waals surface area contributed by atoms with E-state index in [0.717, 1.165) is 15.6 Å². The Morgan fingerprint density at radius 2 is 1.89 bits per heavy atom. The van der Waals surface area contributed by atoms with Gasteiger partial charge in [0.05, 0.1) is 4.47 Å². The van der Waals surface area contributed by atoms with Crippen LogP contribution in [0.5, 0.6) is 0 Å². The number of benzene rings is 1. The monoisotopic (exact) mass is 331 g/mol. The minimum absolute atomic E-state index is 0.266. The summed E-state index contributed by atoms with van der Waals surface area (Å²) in [5.41, 5.74) is 0.266. The van der Waals surface area contributed by atoms with Crippen LogP contribution in [0.2, 0.25) is 0 Å². The summed E-state index contributed by atoms with van der Waals surface area (Å²) in [7, 11) is 0. The van der Waals surface area contributed by atoms with Crippen LogP contribution in [-0.2, 0) is 0 Å². The highest BCUT2D eigenvalue weighted by molar-refractivity contribution is 9.10. The second-order valence-corrected chi connectivity index (χ2v) is 4.98. The minimum Gasteiger partial charge on any atom is -0.324 e. The van der Waals surface area contributed by atoms with Crippen molar-refractivity contribution in [2.45, 2.75) is 5.03 Å². The first-order valence-corrected chi connectivity index (χ1v) is 6.90. The molecule has 94 valence electrons. The van der Waals surface area contributed by atoms with Crippen LogP contribution < -0.4 is 5.32 Å². The van der Waals surface area contributed by atoms with Gasteiger partial charge in [-0.2, -0.15) is 0 Å². The van der Waals surface area contributed by atoms with Gasteiger partial charge in [0.1, 0.15) is 16.7 Å². The molecule has 0 aliphatic rings. The molecule has 0 unspecified atom stereocenters. The van der Waals surface area contributed by atoms with E-state index in [1.165, 1.54) is 23.9 Å². The normalized spacial score (nSPS) is 10.4. The standard InChI is InChI=1S/C11H8BrF2N3S/c1-18-10-9(12)5-15-11(17-10)16-8-3-6(13)2-7(14)4-8/h2-5H,1H3,(H,15,16,17). The first kappa shape index (κ1) is 13.2. The molecular weight excluding hydrogens is 324 g/mol. The molecule has 3 nitrogen and oxygen atoms in total. The minimum atomic E-state index is -0.653. The Hall–Kier alpha value is -1.21. The number of nitrogens with one attached hydrogen (secondary N) is 1. The predicted octanol–water partition coefficient (Wildman–Crippen LogP) is 3.98. The third kappa shape index (κ3) is 3.17. The van der Waals surface area contributed by atoms with Crippen LogP contribution in [0.25, 0.3) is 0 Å². The zero-order valence-corrected chi connectivity index (χ0v) is 11.6. The molecule has 0 aliphatic carbocycles. The molecule has 0 saturated carbocycles. The molecule has 0 aliphatic heterocycles. The number of aromatic nitrogens is 2. The Bertz CT molecular complexity index is 560. The quantitative estimate of drug-likeness (QED) is 0.681. The van der Waals surface area contributed by atoms with Gasteiger partial charge in [0.2, 0.25) is 5.95 Å². The second-order valence-electron chi connectivity index (χ2n) is 3.33. The molecular formula is C11H8BrF2N3S. The van der Waals surface area contributed by atoms with Crippen molar-refractivity contribution in [3.05, 3.63) is 40.5 Å². The molecule has 2 rings (SSSR count). The number of thioether (sulfide) groups is 1. The molecule has 0 atom stereocenters.